The Bertz CT molecular complexity index is 437. The molecule has 0 aliphatic carbocycles. The van der Waals surface area contributed by atoms with Gasteiger partial charge in [-0.3, -0.25) is 0 Å². The van der Waals surface area contributed by atoms with Crippen LogP contribution < -0.4 is 5.32 Å². The lowest BCUT2D eigenvalue weighted by molar-refractivity contribution is 0.602. The Morgan fingerprint density at radius 1 is 1.27 bits per heavy atom. The first-order valence-corrected chi connectivity index (χ1v) is 5.66. The first-order chi connectivity index (χ1) is 7.33. The van der Waals surface area contributed by atoms with E-state index in [-0.39, 0.29) is 5.82 Å². The highest BCUT2D eigenvalue weighted by Crippen LogP contribution is 2.29. The van der Waals surface area contributed by atoms with Crippen molar-refractivity contribution in [3.8, 4) is 10.4 Å². The van der Waals surface area contributed by atoms with Gasteiger partial charge in [-0.25, -0.2) is 4.39 Å². The monoisotopic (exact) mass is 221 g/mol. The van der Waals surface area contributed by atoms with Crippen LogP contribution in [0, 0.1) is 5.82 Å². The van der Waals surface area contributed by atoms with Crippen molar-refractivity contribution in [2.24, 2.45) is 0 Å². The molecule has 0 radical (unpaired) electrons. The number of hydrogen-bond acceptors (Lipinski definition) is 2. The maximum atomic E-state index is 13.6. The van der Waals surface area contributed by atoms with Gasteiger partial charge in [0.2, 0.25) is 0 Å². The average Bonchev–Trinajstić information content (AvgIpc) is 2.74. The average molecular weight is 221 g/mol. The number of benzene rings is 1. The van der Waals surface area contributed by atoms with Crippen LogP contribution in [0.4, 0.5) is 4.39 Å². The van der Waals surface area contributed by atoms with E-state index in [0.29, 0.717) is 6.54 Å². The van der Waals surface area contributed by atoms with Gasteiger partial charge in [0.05, 0.1) is 0 Å². The van der Waals surface area contributed by atoms with E-state index in [1.165, 1.54) is 6.07 Å². The molecule has 2 aromatic rings. The molecule has 78 valence electrons. The Kier molecular flexibility index (Phi) is 3.14. The second kappa shape index (κ2) is 4.55. The number of nitrogens with one attached hydrogen (secondary N) is 1. The van der Waals surface area contributed by atoms with Crippen molar-refractivity contribution >= 4 is 11.3 Å². The molecule has 0 spiro atoms. The number of rotatable bonds is 3. The van der Waals surface area contributed by atoms with Crippen molar-refractivity contribution in [2.75, 3.05) is 7.05 Å². The molecule has 2 rings (SSSR count). The van der Waals surface area contributed by atoms with E-state index in [4.69, 9.17) is 0 Å². The van der Waals surface area contributed by atoms with Gasteiger partial charge in [-0.15, -0.1) is 11.3 Å². The van der Waals surface area contributed by atoms with E-state index in [9.17, 15) is 4.39 Å². The Balaban J connectivity index is 2.51. The van der Waals surface area contributed by atoms with Crippen molar-refractivity contribution in [2.45, 2.75) is 6.54 Å². The largest absolute Gasteiger partial charge is 0.316 e. The molecule has 0 saturated carbocycles. The van der Waals surface area contributed by atoms with E-state index in [1.54, 1.807) is 17.4 Å². The molecule has 0 bridgehead atoms. The molecule has 0 fully saturated rings. The third kappa shape index (κ3) is 2.08. The molecule has 0 unspecified atom stereocenters. The van der Waals surface area contributed by atoms with Crippen molar-refractivity contribution in [1.82, 2.24) is 5.32 Å². The minimum atomic E-state index is -0.143. The maximum absolute atomic E-state index is 13.6. The lowest BCUT2D eigenvalue weighted by Crippen LogP contribution is -2.08. The summed E-state index contributed by atoms with van der Waals surface area (Å²) in [5.74, 6) is -0.143. The molecule has 0 saturated heterocycles. The fraction of sp³-hybridized carbons (Fsp3) is 0.167. The summed E-state index contributed by atoms with van der Waals surface area (Å²) in [5, 5.41) is 5.00. The van der Waals surface area contributed by atoms with Gasteiger partial charge < -0.3 is 5.32 Å². The SMILES string of the molecule is CNCc1c(F)cccc1-c1cccs1. The van der Waals surface area contributed by atoms with Gasteiger partial charge in [0, 0.05) is 17.0 Å². The molecular formula is C12H12FNS. The fourth-order valence-electron chi connectivity index (χ4n) is 1.58. The van der Waals surface area contributed by atoms with Gasteiger partial charge >= 0.3 is 0 Å². The maximum Gasteiger partial charge on any atom is 0.128 e. The van der Waals surface area contributed by atoms with Gasteiger partial charge in [-0.2, -0.15) is 0 Å². The number of thiophene rings is 1. The van der Waals surface area contributed by atoms with Crippen molar-refractivity contribution < 1.29 is 4.39 Å². The summed E-state index contributed by atoms with van der Waals surface area (Å²) in [6.45, 7) is 0.555. The van der Waals surface area contributed by atoms with Crippen LogP contribution in [0.15, 0.2) is 35.7 Å². The van der Waals surface area contributed by atoms with Crippen LogP contribution in [0.1, 0.15) is 5.56 Å². The molecular weight excluding hydrogens is 209 g/mol. The van der Waals surface area contributed by atoms with E-state index in [2.05, 4.69) is 5.32 Å². The summed E-state index contributed by atoms with van der Waals surface area (Å²) in [6.07, 6.45) is 0. The highest BCUT2D eigenvalue weighted by molar-refractivity contribution is 7.13. The lowest BCUT2D eigenvalue weighted by Gasteiger charge is -2.08. The molecule has 1 nitrogen and oxygen atoms in total. The molecule has 3 heteroatoms. The van der Waals surface area contributed by atoms with Gasteiger partial charge in [0.25, 0.3) is 0 Å². The Labute approximate surface area is 92.6 Å². The highest BCUT2D eigenvalue weighted by atomic mass is 32.1. The molecule has 0 atom stereocenters. The Hall–Kier alpha value is -1.19. The fourth-order valence-corrected chi connectivity index (χ4v) is 2.36. The summed E-state index contributed by atoms with van der Waals surface area (Å²) in [4.78, 5) is 1.11. The Morgan fingerprint density at radius 3 is 2.80 bits per heavy atom. The second-order valence-electron chi connectivity index (χ2n) is 3.27. The minimum absolute atomic E-state index is 0.143. The van der Waals surface area contributed by atoms with Crippen molar-refractivity contribution in [3.63, 3.8) is 0 Å². The van der Waals surface area contributed by atoms with Crippen LogP contribution in [0.2, 0.25) is 0 Å². The predicted molar refractivity (Wildman–Crippen MR) is 62.5 cm³/mol. The molecule has 0 aliphatic rings. The normalized spacial score (nSPS) is 10.5. The lowest BCUT2D eigenvalue weighted by atomic mass is 10.1. The van der Waals surface area contributed by atoms with Gasteiger partial charge in [-0.1, -0.05) is 18.2 Å². The number of hydrogen-bond donors (Lipinski definition) is 1. The molecule has 1 aromatic heterocycles. The van der Waals surface area contributed by atoms with Crippen LogP contribution in [0.25, 0.3) is 10.4 Å². The van der Waals surface area contributed by atoms with E-state index in [0.717, 1.165) is 16.0 Å². The molecule has 1 aromatic carbocycles. The van der Waals surface area contributed by atoms with Crippen molar-refractivity contribution in [3.05, 3.63) is 47.1 Å². The smallest absolute Gasteiger partial charge is 0.128 e. The minimum Gasteiger partial charge on any atom is -0.316 e. The zero-order valence-electron chi connectivity index (χ0n) is 8.46. The Morgan fingerprint density at radius 2 is 2.13 bits per heavy atom. The molecule has 15 heavy (non-hydrogen) atoms. The summed E-state index contributed by atoms with van der Waals surface area (Å²) >= 11 is 1.63. The van der Waals surface area contributed by atoms with Crippen molar-refractivity contribution in [1.29, 1.82) is 0 Å². The quantitative estimate of drug-likeness (QED) is 0.838. The zero-order chi connectivity index (χ0) is 10.7. The third-order valence-electron chi connectivity index (χ3n) is 2.26. The van der Waals surface area contributed by atoms with E-state index < -0.39 is 0 Å². The second-order valence-corrected chi connectivity index (χ2v) is 4.22. The highest BCUT2D eigenvalue weighted by Gasteiger charge is 2.09. The van der Waals surface area contributed by atoms with Crippen LogP contribution in [0.5, 0.6) is 0 Å². The van der Waals surface area contributed by atoms with E-state index >= 15 is 0 Å². The molecule has 0 aliphatic heterocycles. The summed E-state index contributed by atoms with van der Waals surface area (Å²) in [7, 11) is 1.82. The summed E-state index contributed by atoms with van der Waals surface area (Å²) in [6, 6.07) is 9.21. The van der Waals surface area contributed by atoms with Gasteiger partial charge in [-0.05, 0) is 30.1 Å². The van der Waals surface area contributed by atoms with Crippen LogP contribution in [-0.2, 0) is 6.54 Å². The first-order valence-electron chi connectivity index (χ1n) is 4.79. The van der Waals surface area contributed by atoms with Crippen LogP contribution >= 0.6 is 11.3 Å². The molecule has 0 amide bonds. The predicted octanol–water partition coefficient (Wildman–Crippen LogP) is 3.27. The first kappa shape index (κ1) is 10.3. The summed E-state index contributed by atoms with van der Waals surface area (Å²) < 4.78 is 13.6. The third-order valence-corrected chi connectivity index (χ3v) is 3.16. The van der Waals surface area contributed by atoms with E-state index in [1.807, 2.05) is 30.6 Å². The van der Waals surface area contributed by atoms with Gasteiger partial charge in [0.1, 0.15) is 5.82 Å². The van der Waals surface area contributed by atoms with Gasteiger partial charge in [0.15, 0.2) is 0 Å². The van der Waals surface area contributed by atoms with Crippen LogP contribution in [0.3, 0.4) is 0 Å². The van der Waals surface area contributed by atoms with Crippen LogP contribution in [-0.4, -0.2) is 7.05 Å². The molecule has 1 heterocycles. The summed E-state index contributed by atoms with van der Waals surface area (Å²) in [5.41, 5.74) is 1.72. The number of halogens is 1. The molecule has 1 N–H and O–H groups in total. The standard InChI is InChI=1S/C12H12FNS/c1-14-8-10-9(4-2-5-11(10)13)12-6-3-7-15-12/h2-7,14H,8H2,1H3. The topological polar surface area (TPSA) is 12.0 Å². The zero-order valence-corrected chi connectivity index (χ0v) is 9.27.